The van der Waals surface area contributed by atoms with Gasteiger partial charge >= 0.3 is 0 Å². The molecule has 2 atom stereocenters. The first-order valence-corrected chi connectivity index (χ1v) is 7.38. The van der Waals surface area contributed by atoms with Gasteiger partial charge in [0.15, 0.2) is 5.82 Å². The first-order valence-electron chi connectivity index (χ1n) is 7.01. The van der Waals surface area contributed by atoms with Gasteiger partial charge in [0.1, 0.15) is 5.82 Å². The Kier molecular flexibility index (Phi) is 5.31. The third kappa shape index (κ3) is 4.02. The van der Waals surface area contributed by atoms with Gasteiger partial charge in [-0.25, -0.2) is 4.39 Å². The number of hydrogen-bond donors (Lipinski definition) is 1. The van der Waals surface area contributed by atoms with E-state index in [2.05, 4.69) is 29.3 Å². The van der Waals surface area contributed by atoms with E-state index in [0.717, 1.165) is 12.1 Å². The highest BCUT2D eigenvalue weighted by Gasteiger charge is 2.20. The average Bonchev–Trinajstić information content (AvgIpc) is 2.90. The molecule has 0 aliphatic rings. The van der Waals surface area contributed by atoms with Gasteiger partial charge in [0.2, 0.25) is 5.89 Å². The number of halogens is 2. The van der Waals surface area contributed by atoms with Crippen LogP contribution in [0.15, 0.2) is 22.7 Å². The van der Waals surface area contributed by atoms with E-state index in [9.17, 15) is 4.39 Å². The summed E-state index contributed by atoms with van der Waals surface area (Å²) in [4.78, 5) is 4.40. The van der Waals surface area contributed by atoms with Crippen LogP contribution in [0.1, 0.15) is 44.0 Å². The molecule has 0 radical (unpaired) electrons. The Labute approximate surface area is 128 Å². The lowest BCUT2D eigenvalue weighted by Crippen LogP contribution is -2.30. The van der Waals surface area contributed by atoms with E-state index >= 15 is 0 Å². The maximum absolute atomic E-state index is 13.0. The number of nitrogens with zero attached hydrogens (tertiary/aromatic N) is 2. The summed E-state index contributed by atoms with van der Waals surface area (Å²) < 4.78 is 18.3. The molecule has 2 unspecified atom stereocenters. The average molecular weight is 312 g/mol. The lowest BCUT2D eigenvalue weighted by molar-refractivity contribution is 0.330. The van der Waals surface area contributed by atoms with Crippen LogP contribution in [-0.2, 0) is 6.42 Å². The number of hydrogen-bond acceptors (Lipinski definition) is 4. The van der Waals surface area contributed by atoms with Crippen LogP contribution in [0, 0.1) is 5.82 Å². The third-order valence-electron chi connectivity index (χ3n) is 3.51. The predicted octanol–water partition coefficient (Wildman–Crippen LogP) is 3.55. The fourth-order valence-electron chi connectivity index (χ4n) is 2.07. The summed E-state index contributed by atoms with van der Waals surface area (Å²) in [6, 6.07) is 4.54. The van der Waals surface area contributed by atoms with Crippen LogP contribution < -0.4 is 5.32 Å². The highest BCUT2D eigenvalue weighted by atomic mass is 35.5. The van der Waals surface area contributed by atoms with Crippen molar-refractivity contribution in [3.05, 3.63) is 46.3 Å². The van der Waals surface area contributed by atoms with E-state index in [1.807, 2.05) is 6.92 Å². The quantitative estimate of drug-likeness (QED) is 0.886. The molecule has 0 spiro atoms. The standard InChI is InChI=1S/C15H19ClFN3O/c1-4-18-10(3)9(2)15-19-14(20-21-15)7-11-5-6-12(17)8-13(11)16/h5-6,8-10,18H,4,7H2,1-3H3. The fourth-order valence-corrected chi connectivity index (χ4v) is 2.31. The van der Waals surface area contributed by atoms with Gasteiger partial charge in [-0.2, -0.15) is 4.98 Å². The van der Waals surface area contributed by atoms with Crippen LogP contribution in [0.4, 0.5) is 4.39 Å². The zero-order valence-corrected chi connectivity index (χ0v) is 13.1. The van der Waals surface area contributed by atoms with Crippen molar-refractivity contribution in [1.29, 1.82) is 0 Å². The molecule has 0 saturated carbocycles. The van der Waals surface area contributed by atoms with Gasteiger partial charge in [0.25, 0.3) is 0 Å². The van der Waals surface area contributed by atoms with Gasteiger partial charge in [0, 0.05) is 17.5 Å². The molecule has 0 aliphatic carbocycles. The maximum atomic E-state index is 13.0. The molecule has 0 saturated heterocycles. The molecule has 1 aromatic carbocycles. The van der Waals surface area contributed by atoms with Gasteiger partial charge in [-0.1, -0.05) is 36.7 Å². The highest BCUT2D eigenvalue weighted by Crippen LogP contribution is 2.21. The van der Waals surface area contributed by atoms with Crippen LogP contribution in [0.5, 0.6) is 0 Å². The third-order valence-corrected chi connectivity index (χ3v) is 3.86. The molecule has 1 heterocycles. The summed E-state index contributed by atoms with van der Waals surface area (Å²) in [5, 5.41) is 7.67. The minimum absolute atomic E-state index is 0.120. The van der Waals surface area contributed by atoms with Gasteiger partial charge < -0.3 is 9.84 Å². The maximum Gasteiger partial charge on any atom is 0.231 e. The van der Waals surface area contributed by atoms with Crippen molar-refractivity contribution in [2.75, 3.05) is 6.54 Å². The molecule has 21 heavy (non-hydrogen) atoms. The number of likely N-dealkylation sites (N-methyl/N-ethyl adjacent to an activating group) is 1. The zero-order valence-electron chi connectivity index (χ0n) is 12.4. The summed E-state index contributed by atoms with van der Waals surface area (Å²) in [5.41, 5.74) is 0.776. The molecular formula is C15H19ClFN3O. The Balaban J connectivity index is 2.09. The molecule has 1 aromatic heterocycles. The van der Waals surface area contributed by atoms with Crippen molar-refractivity contribution in [3.8, 4) is 0 Å². The van der Waals surface area contributed by atoms with Crippen molar-refractivity contribution < 1.29 is 8.91 Å². The molecule has 0 aliphatic heterocycles. The highest BCUT2D eigenvalue weighted by molar-refractivity contribution is 6.31. The van der Waals surface area contributed by atoms with Gasteiger partial charge in [-0.05, 0) is 31.2 Å². The van der Waals surface area contributed by atoms with Crippen molar-refractivity contribution in [2.24, 2.45) is 0 Å². The minimum atomic E-state index is -0.356. The monoisotopic (exact) mass is 311 g/mol. The van der Waals surface area contributed by atoms with E-state index in [0.29, 0.717) is 23.2 Å². The summed E-state index contributed by atoms with van der Waals surface area (Å²) >= 11 is 6.00. The molecule has 0 fully saturated rings. The lowest BCUT2D eigenvalue weighted by Gasteiger charge is -2.16. The minimum Gasteiger partial charge on any atom is -0.339 e. The van der Waals surface area contributed by atoms with Gasteiger partial charge in [0.05, 0.1) is 5.92 Å². The Bertz CT molecular complexity index is 602. The second kappa shape index (κ2) is 7.00. The molecule has 6 heteroatoms. The molecule has 0 amide bonds. The SMILES string of the molecule is CCNC(C)C(C)c1nc(Cc2ccc(F)cc2Cl)no1. The first-order chi connectivity index (χ1) is 10.0. The smallest absolute Gasteiger partial charge is 0.231 e. The fraction of sp³-hybridized carbons (Fsp3) is 0.467. The normalized spacial score (nSPS) is 14.1. The first kappa shape index (κ1) is 15.9. The van der Waals surface area contributed by atoms with E-state index in [1.165, 1.54) is 12.1 Å². The molecular weight excluding hydrogens is 293 g/mol. The molecule has 1 N–H and O–H groups in total. The van der Waals surface area contributed by atoms with E-state index in [-0.39, 0.29) is 17.8 Å². The topological polar surface area (TPSA) is 51.0 Å². The second-order valence-corrected chi connectivity index (χ2v) is 5.50. The van der Waals surface area contributed by atoms with Crippen LogP contribution in [0.3, 0.4) is 0 Å². The van der Waals surface area contributed by atoms with Crippen molar-refractivity contribution in [1.82, 2.24) is 15.5 Å². The molecule has 0 bridgehead atoms. The summed E-state index contributed by atoms with van der Waals surface area (Å²) in [7, 11) is 0. The predicted molar refractivity (Wildman–Crippen MR) is 80.1 cm³/mol. The Morgan fingerprint density at radius 3 is 2.81 bits per heavy atom. The molecule has 2 aromatic rings. The number of nitrogens with one attached hydrogen (secondary N) is 1. The van der Waals surface area contributed by atoms with E-state index in [4.69, 9.17) is 16.1 Å². The largest absolute Gasteiger partial charge is 0.339 e. The summed E-state index contributed by atoms with van der Waals surface area (Å²) in [6.45, 7) is 7.06. The summed E-state index contributed by atoms with van der Waals surface area (Å²) in [5.74, 6) is 0.909. The van der Waals surface area contributed by atoms with Crippen molar-refractivity contribution >= 4 is 11.6 Å². The second-order valence-electron chi connectivity index (χ2n) is 5.10. The summed E-state index contributed by atoms with van der Waals surface area (Å²) in [6.07, 6.45) is 0.422. The molecule has 2 rings (SSSR count). The van der Waals surface area contributed by atoms with Crippen LogP contribution in [0.25, 0.3) is 0 Å². The van der Waals surface area contributed by atoms with Gasteiger partial charge in [-0.15, -0.1) is 0 Å². The Morgan fingerprint density at radius 1 is 1.38 bits per heavy atom. The van der Waals surface area contributed by atoms with E-state index in [1.54, 1.807) is 6.07 Å². The van der Waals surface area contributed by atoms with Crippen molar-refractivity contribution in [2.45, 2.75) is 39.2 Å². The van der Waals surface area contributed by atoms with E-state index < -0.39 is 0 Å². The lowest BCUT2D eigenvalue weighted by atomic mass is 10.0. The Morgan fingerprint density at radius 2 is 2.14 bits per heavy atom. The van der Waals surface area contributed by atoms with Crippen LogP contribution in [0.2, 0.25) is 5.02 Å². The van der Waals surface area contributed by atoms with Crippen LogP contribution >= 0.6 is 11.6 Å². The molecule has 114 valence electrons. The number of benzene rings is 1. The molecule has 4 nitrogen and oxygen atoms in total. The Hall–Kier alpha value is -1.46. The number of rotatable bonds is 6. The zero-order chi connectivity index (χ0) is 15.4. The van der Waals surface area contributed by atoms with Crippen molar-refractivity contribution in [3.63, 3.8) is 0 Å². The van der Waals surface area contributed by atoms with Crippen LogP contribution in [-0.4, -0.2) is 22.7 Å². The van der Waals surface area contributed by atoms with Gasteiger partial charge in [-0.3, -0.25) is 0 Å². The number of aromatic nitrogens is 2.